The van der Waals surface area contributed by atoms with Crippen molar-refractivity contribution in [1.29, 1.82) is 0 Å². The predicted octanol–water partition coefficient (Wildman–Crippen LogP) is 2.78. The van der Waals surface area contributed by atoms with E-state index in [-0.39, 0.29) is 129 Å². The minimum absolute atomic E-state index is 0.0204. The molecule has 0 aromatic heterocycles. The Bertz CT molecular complexity index is 4070. The number of carbonyl (C=O) groups excluding carboxylic acids is 17. The Balaban J connectivity index is 2.60. The molecule has 0 bridgehead atoms. The number of amides is 17. The van der Waals surface area contributed by atoms with Crippen LogP contribution in [0.25, 0.3) is 0 Å². The number of unbranched alkanes of at least 4 members (excludes halogenated alkanes) is 4. The summed E-state index contributed by atoms with van der Waals surface area (Å²) in [4.78, 5) is 291. The molecule has 2 fully saturated rings. The normalized spacial score (nSPS) is 16.4. The first-order valence-corrected chi connectivity index (χ1v) is 48.0. The second-order valence-corrected chi connectivity index (χ2v) is 42.4. The van der Waals surface area contributed by atoms with Crippen molar-refractivity contribution in [2.75, 3.05) is 78.8 Å². The number of nitrogens with two attached hydrogens (primary N) is 1. The van der Waals surface area contributed by atoms with Gasteiger partial charge in [0.1, 0.15) is 122 Å². The lowest BCUT2D eigenvalue weighted by atomic mass is 10.1. The van der Waals surface area contributed by atoms with E-state index in [1.54, 1.807) is 166 Å². The molecule has 2 aliphatic rings. The summed E-state index contributed by atoms with van der Waals surface area (Å²) in [6, 6.07) is -16.0. The number of alkyl carbamates (subject to hydrolysis) is 4. The van der Waals surface area contributed by atoms with Gasteiger partial charge in [-0.25, -0.2) is 58.3 Å². The first kappa shape index (κ1) is 126. The molecule has 0 saturated carbocycles. The number of carbonyl (C=O) groups is 18. The average molecular weight is 2020 g/mol. The zero-order valence-corrected chi connectivity index (χ0v) is 87.4. The lowest BCUT2D eigenvalue weighted by Gasteiger charge is -2.30. The van der Waals surface area contributed by atoms with E-state index in [0.717, 1.165) is 0 Å². The van der Waals surface area contributed by atoms with Gasteiger partial charge in [-0.1, -0.05) is 0 Å². The van der Waals surface area contributed by atoms with Crippen molar-refractivity contribution < 1.29 is 149 Å². The molecule has 808 valence electrons. The summed E-state index contributed by atoms with van der Waals surface area (Å²) in [5.41, 5.74) is -0.529. The molecule has 0 spiro atoms. The van der Waals surface area contributed by atoms with Gasteiger partial charge in [0, 0.05) is 39.3 Å². The fraction of sp³-hybridized carbons (Fsp3) is 0.804. The summed E-state index contributed by atoms with van der Waals surface area (Å²) in [5.74, 6) is -11.7. The second kappa shape index (κ2) is 60.0. The van der Waals surface area contributed by atoms with Crippen LogP contribution in [-0.4, -0.2) is 318 Å². The highest BCUT2D eigenvalue weighted by Gasteiger charge is 2.42. The van der Waals surface area contributed by atoms with E-state index in [9.17, 15) is 86.6 Å². The van der Waals surface area contributed by atoms with Gasteiger partial charge in [-0.05, 0) is 283 Å². The molecular weight excluding hydrogens is 1850 g/mol. The third-order valence-electron chi connectivity index (χ3n) is 19.3. The van der Waals surface area contributed by atoms with Crippen LogP contribution in [0.4, 0.5) is 19.2 Å². The summed E-state index contributed by atoms with van der Waals surface area (Å²) in [6.07, 6.45) is -2.07. The van der Waals surface area contributed by atoms with Crippen molar-refractivity contribution in [2.24, 2.45) is 5.73 Å². The standard InChI is InChI=1S/C92H164N18O31/c1-55(100-71(116)57(93)37-27-31-43-94-72(117)61(51-130-138-89(15,16)17)105-81(126)134-85(3,4)5)69(114)103-59(39-29-33-45-96-74(119)63(53-132-140-91(21,22)23)107-83(128)136-87(9,10)11)79(124)109-47-35-41-65(109)77(122)98-49-67(111)102-58(38-28-32-44-95-73(118)62(52-131-139-90(18,19)20)106-82(127)135-86(6,7)8)76(121)101-56(2)70(115)104-60(80(125)110-48-36-42-66(110)78(123)99-50-68(112)113)40-30-34-46-97-75(120)64(54-133-141-92(24,25)26)108-84(129)137-88(12,13)14/h55-66H,27-54,93H2,1-26H3,(H,94,117)(H,95,118)(H,96,119)(H,97,120)(H,98,122)(H,99,123)(H,100,116)(H,101,121)(H,102,111)(H,103,114)(H,104,115)(H,105,126)(H,106,127)(H,107,128)(H,108,129)(H,112,113)/t55-,56-,57-,58-,59-,60-,61-,62-,63-,64-,65-,66-/m0/s1. The molecule has 2 aliphatic heterocycles. The lowest BCUT2D eigenvalue weighted by molar-refractivity contribution is -0.349. The van der Waals surface area contributed by atoms with Crippen LogP contribution in [0.2, 0.25) is 0 Å². The molecule has 0 radical (unpaired) electrons. The van der Waals surface area contributed by atoms with Crippen LogP contribution in [0.3, 0.4) is 0 Å². The van der Waals surface area contributed by atoms with Gasteiger partial charge in [0.05, 0.1) is 35.0 Å². The molecule has 18 N–H and O–H groups in total. The van der Waals surface area contributed by atoms with Crippen LogP contribution in [0, 0.1) is 0 Å². The molecule has 17 amide bonds. The number of aliphatic carboxylic acids is 1. The maximum absolute atomic E-state index is 15.0. The van der Waals surface area contributed by atoms with Crippen LogP contribution in [0.15, 0.2) is 0 Å². The van der Waals surface area contributed by atoms with Crippen LogP contribution < -0.4 is 85.5 Å². The highest BCUT2D eigenvalue weighted by molar-refractivity contribution is 5.99. The Morgan fingerprint density at radius 3 is 0.851 bits per heavy atom. The highest BCUT2D eigenvalue weighted by atomic mass is 17.2. The maximum Gasteiger partial charge on any atom is 0.408 e. The number of carboxylic acid groups (broad SMARTS) is 1. The Labute approximate surface area is 827 Å². The fourth-order valence-electron chi connectivity index (χ4n) is 13.0. The van der Waals surface area contributed by atoms with E-state index in [1.807, 2.05) is 0 Å². The minimum atomic E-state index is -1.53. The summed E-state index contributed by atoms with van der Waals surface area (Å²) >= 11 is 0. The molecule has 49 heteroatoms. The van der Waals surface area contributed by atoms with E-state index in [4.69, 9.17) is 63.8 Å². The zero-order valence-electron chi connectivity index (χ0n) is 87.4. The lowest BCUT2D eigenvalue weighted by Crippen LogP contribution is -2.58. The topological polar surface area (TPSA) is 651 Å². The van der Waals surface area contributed by atoms with E-state index in [0.29, 0.717) is 19.3 Å². The average Bonchev–Trinajstić information content (AvgIpc) is 1.71. The molecule has 0 aliphatic carbocycles. The first-order chi connectivity index (χ1) is 65.0. The molecule has 2 saturated heterocycles. The first-order valence-electron chi connectivity index (χ1n) is 48.0. The SMILES string of the molecule is C[C@H](NC(=O)[C@H](CCCCNC(=O)[C@H](COOC(C)(C)C)NC(=O)OC(C)(C)C)NC(=O)CNC(=O)[C@@H]1CCCN1C(=O)[C@H](CCCCNC(=O)[C@H](COOC(C)(C)C)NC(=O)OC(C)(C)C)NC(=O)[C@H](C)NC(=O)[C@@H](N)CCCCNC(=O)[C@H](COOC(C)(C)C)NC(=O)OC(C)(C)C)C(=O)N[C@@H](CCCCNC(=O)[C@H](COOC(C)(C)C)NC(=O)OC(C)(C)C)C(=O)N1CCC[C@H]1C(=O)NCC(=O)O. The third-order valence-corrected chi connectivity index (χ3v) is 19.3. The quantitative estimate of drug-likeness (QED) is 0.0180. The van der Waals surface area contributed by atoms with Crippen molar-refractivity contribution >= 4 is 107 Å². The van der Waals surface area contributed by atoms with E-state index in [2.05, 4.69) is 79.8 Å². The smallest absolute Gasteiger partial charge is 0.408 e. The minimum Gasteiger partial charge on any atom is -0.480 e. The van der Waals surface area contributed by atoms with Crippen molar-refractivity contribution in [3.05, 3.63) is 0 Å². The van der Waals surface area contributed by atoms with Gasteiger partial charge < -0.3 is 119 Å². The number of rotatable bonds is 57. The molecule has 12 atom stereocenters. The van der Waals surface area contributed by atoms with Gasteiger partial charge in [-0.2, -0.15) is 0 Å². The molecule has 49 nitrogen and oxygen atoms in total. The third kappa shape index (κ3) is 57.3. The number of nitrogens with zero attached hydrogens (tertiary/aromatic N) is 2. The number of ether oxygens (including phenoxy) is 4. The zero-order chi connectivity index (χ0) is 107. The van der Waals surface area contributed by atoms with E-state index >= 15 is 4.79 Å². The van der Waals surface area contributed by atoms with Gasteiger partial charge in [0.2, 0.25) is 76.8 Å². The van der Waals surface area contributed by atoms with Crippen LogP contribution in [0.1, 0.15) is 283 Å². The Hall–Kier alpha value is -10.7. The number of hydrogen-bond acceptors (Lipinski definition) is 31. The molecule has 2 rings (SSSR count). The summed E-state index contributed by atoms with van der Waals surface area (Å²) in [5, 5.41) is 48.0. The van der Waals surface area contributed by atoms with Gasteiger partial charge in [0.25, 0.3) is 0 Å². The number of hydrogen-bond donors (Lipinski definition) is 17. The second-order valence-electron chi connectivity index (χ2n) is 42.4. The van der Waals surface area contributed by atoms with Crippen LogP contribution in [0.5, 0.6) is 0 Å². The van der Waals surface area contributed by atoms with E-state index < -0.39 is 257 Å². The van der Waals surface area contributed by atoms with Crippen molar-refractivity contribution in [3.63, 3.8) is 0 Å². The Morgan fingerprint density at radius 2 is 0.574 bits per heavy atom. The van der Waals surface area contributed by atoms with Crippen molar-refractivity contribution in [2.45, 2.75) is 400 Å². The van der Waals surface area contributed by atoms with E-state index in [1.165, 1.54) is 23.6 Å². The monoisotopic (exact) mass is 2020 g/mol. The molecule has 2 heterocycles. The number of nitrogens with one attached hydrogen (secondary N) is 15. The van der Waals surface area contributed by atoms with Crippen LogP contribution in [-0.2, 0) is 125 Å². The van der Waals surface area contributed by atoms with Crippen molar-refractivity contribution in [3.8, 4) is 0 Å². The van der Waals surface area contributed by atoms with Gasteiger partial charge in [0.15, 0.2) is 0 Å². The fourth-order valence-corrected chi connectivity index (χ4v) is 13.0. The molecular formula is C92H164N18O31. The van der Waals surface area contributed by atoms with Gasteiger partial charge in [-0.15, -0.1) is 0 Å². The summed E-state index contributed by atoms with van der Waals surface area (Å²) in [6.45, 7) is 39.2. The number of carboxylic acids is 1. The predicted molar refractivity (Wildman–Crippen MR) is 509 cm³/mol. The highest BCUT2D eigenvalue weighted by Crippen LogP contribution is 2.24. The Kier molecular flexibility index (Phi) is 53.8. The summed E-state index contributed by atoms with van der Waals surface area (Å²) < 4.78 is 21.4. The molecule has 0 aromatic carbocycles. The van der Waals surface area contributed by atoms with Crippen LogP contribution >= 0.6 is 0 Å². The number of likely N-dealkylation sites (tertiary alicyclic amines) is 2. The van der Waals surface area contributed by atoms with Crippen molar-refractivity contribution in [1.82, 2.24) is 89.6 Å². The Morgan fingerprint density at radius 1 is 0.305 bits per heavy atom. The summed E-state index contributed by atoms with van der Waals surface area (Å²) in [7, 11) is 0. The maximum atomic E-state index is 15.0. The molecule has 141 heavy (non-hydrogen) atoms. The van der Waals surface area contributed by atoms with Gasteiger partial charge >= 0.3 is 30.3 Å². The van der Waals surface area contributed by atoms with Gasteiger partial charge in [-0.3, -0.25) is 67.1 Å². The molecule has 0 aromatic rings. The molecule has 0 unspecified atom stereocenters. The largest absolute Gasteiger partial charge is 0.480 e.